The number of hydrogen-bond acceptors (Lipinski definition) is 2. The number of hydrogen-bond donors (Lipinski definition) is 0. The third-order valence-electron chi connectivity index (χ3n) is 14.2. The van der Waals surface area contributed by atoms with Crippen molar-refractivity contribution in [3.63, 3.8) is 0 Å². The van der Waals surface area contributed by atoms with Crippen LogP contribution in [0.2, 0.25) is 0 Å². The summed E-state index contributed by atoms with van der Waals surface area (Å²) in [6.07, 6.45) is 17.4. The van der Waals surface area contributed by atoms with Gasteiger partial charge in [0.15, 0.2) is 5.58 Å². The molecule has 0 unspecified atom stereocenters. The van der Waals surface area contributed by atoms with Gasteiger partial charge in [-0.3, -0.25) is 0 Å². The van der Waals surface area contributed by atoms with Crippen LogP contribution >= 0.6 is 0 Å². The lowest BCUT2D eigenvalue weighted by molar-refractivity contribution is -0.00529. The minimum absolute atomic E-state index is 0.413. The van der Waals surface area contributed by atoms with E-state index in [1.807, 2.05) is 0 Å². The molecule has 0 N–H and O–H groups in total. The largest absolute Gasteiger partial charge is 0.454 e. The molecular formula is C44H45NO. The molecule has 1 aromatic heterocycles. The van der Waals surface area contributed by atoms with Gasteiger partial charge in [0.25, 0.3) is 0 Å². The monoisotopic (exact) mass is 603 g/mol. The Balaban J connectivity index is 1.02. The number of benzene rings is 4. The molecule has 0 aliphatic heterocycles. The molecule has 8 saturated carbocycles. The Hall–Kier alpha value is -3.52. The number of para-hydroxylation sites is 2. The molecule has 8 aliphatic rings. The second-order valence-electron chi connectivity index (χ2n) is 17.1. The van der Waals surface area contributed by atoms with Crippen molar-refractivity contribution in [1.82, 2.24) is 0 Å². The van der Waals surface area contributed by atoms with E-state index >= 15 is 0 Å². The fourth-order valence-corrected chi connectivity index (χ4v) is 13.2. The Bertz CT molecular complexity index is 1800. The molecule has 232 valence electrons. The van der Waals surface area contributed by atoms with E-state index in [1.54, 1.807) is 11.1 Å². The predicted octanol–water partition coefficient (Wildman–Crippen LogP) is 12.0. The molecule has 46 heavy (non-hydrogen) atoms. The zero-order valence-electron chi connectivity index (χ0n) is 27.0. The zero-order chi connectivity index (χ0) is 30.0. The average molecular weight is 604 g/mol. The van der Waals surface area contributed by atoms with Crippen LogP contribution in [0.4, 0.5) is 17.1 Å². The van der Waals surface area contributed by atoms with E-state index in [9.17, 15) is 0 Å². The lowest BCUT2D eigenvalue weighted by Crippen LogP contribution is -2.48. The Kier molecular flexibility index (Phi) is 5.49. The van der Waals surface area contributed by atoms with Crippen molar-refractivity contribution in [2.45, 2.75) is 87.9 Å². The molecule has 0 radical (unpaired) electrons. The van der Waals surface area contributed by atoms with Gasteiger partial charge in [-0.1, -0.05) is 54.6 Å². The Morgan fingerprint density at radius 2 is 0.891 bits per heavy atom. The van der Waals surface area contributed by atoms with Gasteiger partial charge in [0, 0.05) is 22.1 Å². The maximum absolute atomic E-state index is 6.64. The lowest BCUT2D eigenvalue weighted by atomic mass is 9.48. The van der Waals surface area contributed by atoms with Gasteiger partial charge in [-0.2, -0.15) is 0 Å². The Morgan fingerprint density at radius 3 is 1.37 bits per heavy atom. The van der Waals surface area contributed by atoms with Gasteiger partial charge in [-0.15, -0.1) is 0 Å². The van der Waals surface area contributed by atoms with E-state index < -0.39 is 0 Å². The molecule has 0 amide bonds. The molecule has 13 rings (SSSR count). The van der Waals surface area contributed by atoms with Crippen molar-refractivity contribution in [3.05, 3.63) is 102 Å². The second kappa shape index (κ2) is 9.52. The Labute approximate surface area is 273 Å². The molecule has 0 atom stereocenters. The molecule has 8 bridgehead atoms. The first kappa shape index (κ1) is 26.5. The summed E-state index contributed by atoms with van der Waals surface area (Å²) in [6.45, 7) is 0. The first-order chi connectivity index (χ1) is 22.6. The van der Waals surface area contributed by atoms with Gasteiger partial charge in [0.2, 0.25) is 0 Å². The van der Waals surface area contributed by atoms with Crippen molar-refractivity contribution in [2.75, 3.05) is 4.90 Å². The number of fused-ring (bicyclic) bond motifs is 3. The normalized spacial score (nSPS) is 35.4. The number of rotatable bonds is 5. The summed E-state index contributed by atoms with van der Waals surface area (Å²) >= 11 is 0. The lowest BCUT2D eigenvalue weighted by Gasteiger charge is -2.57. The highest BCUT2D eigenvalue weighted by atomic mass is 16.3. The summed E-state index contributed by atoms with van der Waals surface area (Å²) in [5, 5.41) is 2.38. The fraction of sp³-hybridized carbons (Fsp3) is 0.455. The summed E-state index contributed by atoms with van der Waals surface area (Å²) in [6, 6.07) is 34.8. The maximum atomic E-state index is 6.64. The first-order valence-electron chi connectivity index (χ1n) is 18.5. The van der Waals surface area contributed by atoms with Crippen LogP contribution in [0.1, 0.15) is 88.2 Å². The highest BCUT2D eigenvalue weighted by Gasteiger charge is 2.52. The quantitative estimate of drug-likeness (QED) is 0.199. The third-order valence-corrected chi connectivity index (χ3v) is 14.2. The van der Waals surface area contributed by atoms with Crippen molar-refractivity contribution in [1.29, 1.82) is 0 Å². The van der Waals surface area contributed by atoms with Crippen molar-refractivity contribution >= 4 is 39.0 Å². The van der Waals surface area contributed by atoms with Crippen LogP contribution in [0.15, 0.2) is 95.4 Å². The van der Waals surface area contributed by atoms with Gasteiger partial charge in [-0.25, -0.2) is 0 Å². The molecule has 4 aromatic carbocycles. The highest BCUT2D eigenvalue weighted by molar-refractivity contribution is 6.10. The summed E-state index contributed by atoms with van der Waals surface area (Å²) in [5.41, 5.74) is 9.51. The van der Waals surface area contributed by atoms with Crippen LogP contribution in [0.25, 0.3) is 21.9 Å². The van der Waals surface area contributed by atoms with Crippen LogP contribution in [0.5, 0.6) is 0 Å². The number of furan rings is 1. The molecule has 8 aliphatic carbocycles. The van der Waals surface area contributed by atoms with Crippen molar-refractivity contribution < 1.29 is 4.42 Å². The molecule has 0 spiro atoms. The average Bonchev–Trinajstić information content (AvgIpc) is 3.44. The SMILES string of the molecule is c1ccc2c(c1)oc1c(N(c3ccc(C45CC6CC(CC(C6)C4)C5)cc3)c3ccc(C45CC6CC(CC(C6)C4)C5)cc3)cccc12. The van der Waals surface area contributed by atoms with Gasteiger partial charge < -0.3 is 9.32 Å². The predicted molar refractivity (Wildman–Crippen MR) is 188 cm³/mol. The van der Waals surface area contributed by atoms with Gasteiger partial charge in [0.1, 0.15) is 5.58 Å². The second-order valence-corrected chi connectivity index (χ2v) is 17.1. The molecule has 1 heterocycles. The van der Waals surface area contributed by atoms with Gasteiger partial charge in [0.05, 0.1) is 5.69 Å². The summed E-state index contributed by atoms with van der Waals surface area (Å²) in [7, 11) is 0. The van der Waals surface area contributed by atoms with Gasteiger partial charge in [-0.05, 0) is 171 Å². The number of nitrogens with zero attached hydrogens (tertiary/aromatic N) is 1. The molecule has 2 heteroatoms. The Morgan fingerprint density at radius 1 is 0.457 bits per heavy atom. The minimum Gasteiger partial charge on any atom is -0.454 e. The number of anilines is 3. The van der Waals surface area contributed by atoms with E-state index in [1.165, 1.54) is 99.2 Å². The third kappa shape index (κ3) is 3.88. The van der Waals surface area contributed by atoms with Crippen LogP contribution < -0.4 is 4.90 Å². The molecular weight excluding hydrogens is 558 g/mol. The van der Waals surface area contributed by atoms with Crippen LogP contribution in [0, 0.1) is 35.5 Å². The van der Waals surface area contributed by atoms with Crippen molar-refractivity contribution in [3.8, 4) is 0 Å². The van der Waals surface area contributed by atoms with Crippen LogP contribution in [0.3, 0.4) is 0 Å². The fourth-order valence-electron chi connectivity index (χ4n) is 13.2. The smallest absolute Gasteiger partial charge is 0.159 e. The topological polar surface area (TPSA) is 16.4 Å². The van der Waals surface area contributed by atoms with E-state index in [-0.39, 0.29) is 0 Å². The van der Waals surface area contributed by atoms with E-state index in [0.717, 1.165) is 52.4 Å². The van der Waals surface area contributed by atoms with Crippen molar-refractivity contribution in [2.24, 2.45) is 35.5 Å². The molecule has 2 nitrogen and oxygen atoms in total. The van der Waals surface area contributed by atoms with Gasteiger partial charge >= 0.3 is 0 Å². The highest BCUT2D eigenvalue weighted by Crippen LogP contribution is 2.62. The summed E-state index contributed by atoms with van der Waals surface area (Å²) < 4.78 is 6.64. The first-order valence-corrected chi connectivity index (χ1v) is 18.5. The van der Waals surface area contributed by atoms with Crippen LogP contribution in [-0.4, -0.2) is 0 Å². The summed E-state index contributed by atoms with van der Waals surface area (Å²) in [4.78, 5) is 2.47. The van der Waals surface area contributed by atoms with Crippen LogP contribution in [-0.2, 0) is 10.8 Å². The van der Waals surface area contributed by atoms with E-state index in [0.29, 0.717) is 10.8 Å². The molecule has 8 fully saturated rings. The molecule has 0 saturated heterocycles. The maximum Gasteiger partial charge on any atom is 0.159 e. The summed E-state index contributed by atoms with van der Waals surface area (Å²) in [5.74, 6) is 5.75. The standard InChI is InChI=1S/C44H45NO/c1-2-7-41-38(4-1)39-5-3-6-40(42(39)46-41)45(36-12-8-34(9-13-36)43-22-28-16-29(23-43)18-30(17-28)24-43)37-14-10-35(11-15-37)44-25-31-19-32(26-44)21-33(20-31)27-44/h1-15,28-33H,16-27H2. The van der Waals surface area contributed by atoms with E-state index in [2.05, 4.69) is 95.9 Å². The van der Waals surface area contributed by atoms with E-state index in [4.69, 9.17) is 4.42 Å². The zero-order valence-corrected chi connectivity index (χ0v) is 27.0. The molecule has 5 aromatic rings. The minimum atomic E-state index is 0.413.